The highest BCUT2D eigenvalue weighted by Crippen LogP contribution is 2.26. The van der Waals surface area contributed by atoms with Crippen LogP contribution in [0, 0.1) is 0 Å². The van der Waals surface area contributed by atoms with Gasteiger partial charge < -0.3 is 0 Å². The lowest BCUT2D eigenvalue weighted by molar-refractivity contribution is 1.08. The van der Waals surface area contributed by atoms with Gasteiger partial charge in [-0.15, -0.1) is 11.6 Å². The Morgan fingerprint density at radius 1 is 1.09 bits per heavy atom. The third-order valence-electron chi connectivity index (χ3n) is 1.34. The topological polar surface area (TPSA) is 0 Å². The summed E-state index contributed by atoms with van der Waals surface area (Å²) in [6, 6.07) is 5.31. The summed E-state index contributed by atoms with van der Waals surface area (Å²) in [6.07, 6.45) is 0. The van der Waals surface area contributed by atoms with E-state index in [1.807, 2.05) is 19.1 Å². The van der Waals surface area contributed by atoms with Gasteiger partial charge in [-0.05, 0) is 30.7 Å². The van der Waals surface area contributed by atoms with Gasteiger partial charge in [-0.25, -0.2) is 0 Å². The normalized spacial score (nSPS) is 13.1. The zero-order chi connectivity index (χ0) is 8.43. The second-order valence-corrected chi connectivity index (χ2v) is 3.85. The first-order valence-corrected chi connectivity index (χ1v) is 4.39. The first kappa shape index (κ1) is 9.18. The van der Waals surface area contributed by atoms with Crippen LogP contribution in [0.15, 0.2) is 18.2 Å². The van der Waals surface area contributed by atoms with E-state index in [9.17, 15) is 0 Å². The molecule has 1 aromatic carbocycles. The van der Waals surface area contributed by atoms with E-state index in [-0.39, 0.29) is 5.38 Å². The fraction of sp³-hybridized carbons (Fsp3) is 0.250. The molecule has 0 fully saturated rings. The molecule has 0 radical (unpaired) electrons. The highest BCUT2D eigenvalue weighted by molar-refractivity contribution is 6.34. The number of hydrogen-bond donors (Lipinski definition) is 0. The SMILES string of the molecule is CC(Cl)c1cc(Cl)cc(Cl)c1. The van der Waals surface area contributed by atoms with Crippen LogP contribution in [-0.2, 0) is 0 Å². The highest BCUT2D eigenvalue weighted by Gasteiger charge is 2.02. The fourth-order valence-corrected chi connectivity index (χ4v) is 1.47. The van der Waals surface area contributed by atoms with E-state index in [1.165, 1.54) is 0 Å². The van der Waals surface area contributed by atoms with Crippen molar-refractivity contribution in [2.24, 2.45) is 0 Å². The third-order valence-corrected chi connectivity index (χ3v) is 2.03. The van der Waals surface area contributed by atoms with Gasteiger partial charge in [-0.1, -0.05) is 23.2 Å². The summed E-state index contributed by atoms with van der Waals surface area (Å²) in [6.45, 7) is 1.88. The quantitative estimate of drug-likeness (QED) is 0.605. The van der Waals surface area contributed by atoms with Crippen molar-refractivity contribution in [3.05, 3.63) is 33.8 Å². The van der Waals surface area contributed by atoms with E-state index < -0.39 is 0 Å². The zero-order valence-corrected chi connectivity index (χ0v) is 8.21. The second kappa shape index (κ2) is 3.66. The number of benzene rings is 1. The van der Waals surface area contributed by atoms with Crippen molar-refractivity contribution in [1.29, 1.82) is 0 Å². The van der Waals surface area contributed by atoms with Crippen LogP contribution >= 0.6 is 34.8 Å². The maximum Gasteiger partial charge on any atom is 0.0558 e. The standard InChI is InChI=1S/C8H7Cl3/c1-5(9)6-2-7(10)4-8(11)3-6/h2-5H,1H3. The van der Waals surface area contributed by atoms with Crippen molar-refractivity contribution >= 4 is 34.8 Å². The molecule has 3 heteroatoms. The molecule has 0 aromatic heterocycles. The molecule has 0 bridgehead atoms. The van der Waals surface area contributed by atoms with E-state index in [2.05, 4.69) is 0 Å². The van der Waals surface area contributed by atoms with Gasteiger partial charge in [0.05, 0.1) is 5.38 Å². The van der Waals surface area contributed by atoms with E-state index in [0.29, 0.717) is 10.0 Å². The van der Waals surface area contributed by atoms with E-state index in [0.717, 1.165) is 5.56 Å². The lowest BCUT2D eigenvalue weighted by atomic mass is 10.2. The minimum atomic E-state index is -0.0498. The molecule has 1 aromatic rings. The Kier molecular flexibility index (Phi) is 3.06. The molecule has 1 rings (SSSR count). The van der Waals surface area contributed by atoms with Crippen molar-refractivity contribution in [2.75, 3.05) is 0 Å². The van der Waals surface area contributed by atoms with E-state index in [4.69, 9.17) is 34.8 Å². The molecule has 0 N–H and O–H groups in total. The molecule has 0 amide bonds. The van der Waals surface area contributed by atoms with Crippen molar-refractivity contribution in [1.82, 2.24) is 0 Å². The third kappa shape index (κ3) is 2.55. The van der Waals surface area contributed by atoms with E-state index >= 15 is 0 Å². The molecule has 0 aliphatic heterocycles. The van der Waals surface area contributed by atoms with Gasteiger partial charge in [-0.2, -0.15) is 0 Å². The molecule has 1 atom stereocenters. The van der Waals surface area contributed by atoms with Gasteiger partial charge in [-0.3, -0.25) is 0 Å². The Balaban J connectivity index is 3.08. The van der Waals surface area contributed by atoms with Crippen LogP contribution in [0.3, 0.4) is 0 Å². The Morgan fingerprint density at radius 2 is 1.55 bits per heavy atom. The summed E-state index contributed by atoms with van der Waals surface area (Å²) < 4.78 is 0. The Labute approximate surface area is 81.1 Å². The second-order valence-electron chi connectivity index (χ2n) is 2.32. The zero-order valence-electron chi connectivity index (χ0n) is 5.94. The summed E-state index contributed by atoms with van der Waals surface area (Å²) in [7, 11) is 0. The summed E-state index contributed by atoms with van der Waals surface area (Å²) in [5, 5.41) is 1.20. The molecular formula is C8H7Cl3. The minimum absolute atomic E-state index is 0.0498. The van der Waals surface area contributed by atoms with Gasteiger partial charge in [0.1, 0.15) is 0 Å². The summed E-state index contributed by atoms with van der Waals surface area (Å²) >= 11 is 17.3. The largest absolute Gasteiger partial charge is 0.118 e. The minimum Gasteiger partial charge on any atom is -0.118 e. The van der Waals surface area contributed by atoms with E-state index in [1.54, 1.807) is 6.07 Å². The molecular weight excluding hydrogens is 202 g/mol. The number of halogens is 3. The van der Waals surface area contributed by atoms with Crippen LogP contribution in [0.25, 0.3) is 0 Å². The molecule has 0 heterocycles. The van der Waals surface area contributed by atoms with Crippen LogP contribution in [0.4, 0.5) is 0 Å². The van der Waals surface area contributed by atoms with Crippen molar-refractivity contribution < 1.29 is 0 Å². The average Bonchev–Trinajstić information content (AvgIpc) is 1.85. The summed E-state index contributed by atoms with van der Waals surface area (Å²) in [4.78, 5) is 0. The van der Waals surface area contributed by atoms with Crippen LogP contribution in [-0.4, -0.2) is 0 Å². The molecule has 11 heavy (non-hydrogen) atoms. The lowest BCUT2D eigenvalue weighted by Crippen LogP contribution is -1.83. The Hall–Kier alpha value is 0.0900. The lowest BCUT2D eigenvalue weighted by Gasteiger charge is -2.03. The van der Waals surface area contributed by atoms with Crippen molar-refractivity contribution in [3.8, 4) is 0 Å². The molecule has 0 nitrogen and oxygen atoms in total. The summed E-state index contributed by atoms with van der Waals surface area (Å²) in [5.41, 5.74) is 0.948. The molecule has 0 spiro atoms. The first-order valence-electron chi connectivity index (χ1n) is 3.19. The van der Waals surface area contributed by atoms with Crippen LogP contribution in [0.1, 0.15) is 17.9 Å². The molecule has 1 unspecified atom stereocenters. The fourth-order valence-electron chi connectivity index (χ4n) is 0.805. The van der Waals surface area contributed by atoms with Gasteiger partial charge in [0, 0.05) is 10.0 Å². The number of hydrogen-bond acceptors (Lipinski definition) is 0. The molecule has 0 saturated carbocycles. The Bertz CT molecular complexity index is 235. The first-order chi connectivity index (χ1) is 5.09. The van der Waals surface area contributed by atoms with Crippen molar-refractivity contribution in [3.63, 3.8) is 0 Å². The smallest absolute Gasteiger partial charge is 0.0558 e. The van der Waals surface area contributed by atoms with Gasteiger partial charge in [0.2, 0.25) is 0 Å². The summed E-state index contributed by atoms with van der Waals surface area (Å²) in [5.74, 6) is 0. The van der Waals surface area contributed by atoms with Crippen LogP contribution < -0.4 is 0 Å². The predicted octanol–water partition coefficient (Wildman–Crippen LogP) is 4.29. The molecule has 60 valence electrons. The molecule has 0 aliphatic rings. The van der Waals surface area contributed by atoms with Gasteiger partial charge in [0.25, 0.3) is 0 Å². The van der Waals surface area contributed by atoms with Crippen molar-refractivity contribution in [2.45, 2.75) is 12.3 Å². The predicted molar refractivity (Wildman–Crippen MR) is 50.7 cm³/mol. The maximum atomic E-state index is 5.83. The number of alkyl halides is 1. The highest BCUT2D eigenvalue weighted by atomic mass is 35.5. The molecule has 0 aliphatic carbocycles. The maximum absolute atomic E-state index is 5.83. The molecule has 0 saturated heterocycles. The Morgan fingerprint density at radius 3 is 1.91 bits per heavy atom. The van der Waals surface area contributed by atoms with Crippen LogP contribution in [0.2, 0.25) is 10.0 Å². The number of rotatable bonds is 1. The van der Waals surface area contributed by atoms with Gasteiger partial charge >= 0.3 is 0 Å². The van der Waals surface area contributed by atoms with Crippen LogP contribution in [0.5, 0.6) is 0 Å². The monoisotopic (exact) mass is 208 g/mol. The van der Waals surface area contributed by atoms with Gasteiger partial charge in [0.15, 0.2) is 0 Å². The average molecular weight is 210 g/mol.